The third-order valence-corrected chi connectivity index (χ3v) is 4.13. The Labute approximate surface area is 120 Å². The molecule has 0 spiro atoms. The molecule has 0 fully saturated rings. The van der Waals surface area contributed by atoms with E-state index in [1.54, 1.807) is 17.5 Å². The van der Waals surface area contributed by atoms with Gasteiger partial charge in [0, 0.05) is 17.6 Å². The van der Waals surface area contributed by atoms with Crippen molar-refractivity contribution in [3.8, 4) is 0 Å². The smallest absolute Gasteiger partial charge is 0.287 e. The molecule has 0 radical (unpaired) electrons. The van der Waals surface area contributed by atoms with Crippen LogP contribution in [0.5, 0.6) is 0 Å². The lowest BCUT2D eigenvalue weighted by Gasteiger charge is -2.14. The SMILES string of the molecule is CCn1ncc(NC(C)c2ncc(C)s2)c(Cl)c1=O. The van der Waals surface area contributed by atoms with Gasteiger partial charge in [0.25, 0.3) is 5.56 Å². The largest absolute Gasteiger partial charge is 0.373 e. The highest BCUT2D eigenvalue weighted by Crippen LogP contribution is 2.25. The Morgan fingerprint density at radius 3 is 2.84 bits per heavy atom. The van der Waals surface area contributed by atoms with Crippen LogP contribution in [0.15, 0.2) is 17.2 Å². The summed E-state index contributed by atoms with van der Waals surface area (Å²) in [5.41, 5.74) is 0.258. The second-order valence-corrected chi connectivity index (χ2v) is 5.81. The first-order valence-electron chi connectivity index (χ1n) is 5.97. The summed E-state index contributed by atoms with van der Waals surface area (Å²) in [6.07, 6.45) is 3.40. The van der Waals surface area contributed by atoms with Crippen LogP contribution in [-0.2, 0) is 6.54 Å². The summed E-state index contributed by atoms with van der Waals surface area (Å²) in [7, 11) is 0. The molecule has 19 heavy (non-hydrogen) atoms. The van der Waals surface area contributed by atoms with Crippen molar-refractivity contribution in [2.24, 2.45) is 0 Å². The first-order chi connectivity index (χ1) is 9.02. The van der Waals surface area contributed by atoms with Gasteiger partial charge in [-0.25, -0.2) is 9.67 Å². The number of hydrogen-bond acceptors (Lipinski definition) is 5. The van der Waals surface area contributed by atoms with E-state index in [0.717, 1.165) is 9.88 Å². The fourth-order valence-electron chi connectivity index (χ4n) is 1.66. The molecule has 2 aromatic rings. The van der Waals surface area contributed by atoms with Crippen LogP contribution in [-0.4, -0.2) is 14.8 Å². The minimum Gasteiger partial charge on any atom is -0.373 e. The van der Waals surface area contributed by atoms with Crippen LogP contribution in [0.2, 0.25) is 5.02 Å². The van der Waals surface area contributed by atoms with Gasteiger partial charge >= 0.3 is 0 Å². The fourth-order valence-corrected chi connectivity index (χ4v) is 2.64. The first-order valence-corrected chi connectivity index (χ1v) is 7.16. The van der Waals surface area contributed by atoms with Gasteiger partial charge in [-0.15, -0.1) is 11.3 Å². The molecule has 1 N–H and O–H groups in total. The van der Waals surface area contributed by atoms with E-state index in [1.165, 1.54) is 4.68 Å². The molecule has 102 valence electrons. The lowest BCUT2D eigenvalue weighted by molar-refractivity contribution is 0.615. The molecule has 0 saturated carbocycles. The van der Waals surface area contributed by atoms with Gasteiger partial charge in [-0.2, -0.15) is 5.10 Å². The van der Waals surface area contributed by atoms with Crippen molar-refractivity contribution in [3.05, 3.63) is 37.7 Å². The molecule has 0 amide bonds. The van der Waals surface area contributed by atoms with Gasteiger partial charge in [0.15, 0.2) is 0 Å². The molecule has 5 nitrogen and oxygen atoms in total. The Balaban J connectivity index is 2.24. The van der Waals surface area contributed by atoms with Crippen molar-refractivity contribution >= 4 is 28.6 Å². The van der Waals surface area contributed by atoms with Crippen LogP contribution in [0, 0.1) is 6.92 Å². The molecule has 0 aliphatic heterocycles. The van der Waals surface area contributed by atoms with Crippen molar-refractivity contribution in [1.29, 1.82) is 0 Å². The number of hydrogen-bond donors (Lipinski definition) is 1. The molecule has 7 heteroatoms. The van der Waals surface area contributed by atoms with E-state index in [4.69, 9.17) is 11.6 Å². The minimum absolute atomic E-state index is 0.0186. The molecule has 0 aliphatic carbocycles. The summed E-state index contributed by atoms with van der Waals surface area (Å²) in [4.78, 5) is 17.3. The Morgan fingerprint density at radius 1 is 1.53 bits per heavy atom. The van der Waals surface area contributed by atoms with Crippen LogP contribution in [0.3, 0.4) is 0 Å². The van der Waals surface area contributed by atoms with Gasteiger partial charge in [0.1, 0.15) is 10.0 Å². The Morgan fingerprint density at radius 2 is 2.26 bits per heavy atom. The van der Waals surface area contributed by atoms with Crippen molar-refractivity contribution in [3.63, 3.8) is 0 Å². The molecule has 0 saturated heterocycles. The van der Waals surface area contributed by atoms with Crippen LogP contribution in [0.1, 0.15) is 29.8 Å². The average Bonchev–Trinajstić information content (AvgIpc) is 2.82. The molecule has 2 aromatic heterocycles. The molecular formula is C12H15ClN4OS. The molecule has 0 aromatic carbocycles. The summed E-state index contributed by atoms with van der Waals surface area (Å²) in [6, 6.07) is -0.0186. The zero-order chi connectivity index (χ0) is 14.0. The lowest BCUT2D eigenvalue weighted by Crippen LogP contribution is -2.23. The van der Waals surface area contributed by atoms with Crippen molar-refractivity contribution in [2.75, 3.05) is 5.32 Å². The zero-order valence-corrected chi connectivity index (χ0v) is 12.5. The van der Waals surface area contributed by atoms with E-state index in [1.807, 2.05) is 27.0 Å². The number of aryl methyl sites for hydroxylation is 2. The maximum Gasteiger partial charge on any atom is 0.287 e. The van der Waals surface area contributed by atoms with Crippen LogP contribution in [0.4, 0.5) is 5.69 Å². The number of nitrogens with one attached hydrogen (secondary N) is 1. The number of aromatic nitrogens is 3. The standard InChI is InChI=1S/C12H15ClN4OS/c1-4-17-12(18)10(13)9(6-15-17)16-8(3)11-14-5-7(2)19-11/h5-6,8,16H,4H2,1-3H3. The normalized spacial score (nSPS) is 12.4. The van der Waals surface area contributed by atoms with E-state index in [-0.39, 0.29) is 16.6 Å². The van der Waals surface area contributed by atoms with E-state index in [0.29, 0.717) is 12.2 Å². The molecular weight excluding hydrogens is 284 g/mol. The monoisotopic (exact) mass is 298 g/mol. The minimum atomic E-state index is -0.281. The summed E-state index contributed by atoms with van der Waals surface area (Å²) in [6.45, 7) is 6.32. The summed E-state index contributed by atoms with van der Waals surface area (Å²) < 4.78 is 1.33. The maximum atomic E-state index is 11.9. The van der Waals surface area contributed by atoms with E-state index >= 15 is 0 Å². The predicted molar refractivity (Wildman–Crippen MR) is 78.1 cm³/mol. The average molecular weight is 299 g/mol. The lowest BCUT2D eigenvalue weighted by atomic mass is 10.3. The first kappa shape index (κ1) is 14.0. The second kappa shape index (κ2) is 5.71. The number of nitrogens with zero attached hydrogens (tertiary/aromatic N) is 3. The van der Waals surface area contributed by atoms with Crippen molar-refractivity contribution in [1.82, 2.24) is 14.8 Å². The number of halogens is 1. The van der Waals surface area contributed by atoms with E-state index in [2.05, 4.69) is 15.4 Å². The zero-order valence-electron chi connectivity index (χ0n) is 11.0. The van der Waals surface area contributed by atoms with Gasteiger partial charge < -0.3 is 5.32 Å². The highest BCUT2D eigenvalue weighted by molar-refractivity contribution is 7.11. The fraction of sp³-hybridized carbons (Fsp3) is 0.417. The molecule has 1 atom stereocenters. The van der Waals surface area contributed by atoms with Gasteiger partial charge in [-0.3, -0.25) is 4.79 Å². The Kier molecular flexibility index (Phi) is 4.21. The molecule has 2 rings (SSSR count). The van der Waals surface area contributed by atoms with Gasteiger partial charge in [0.2, 0.25) is 0 Å². The van der Waals surface area contributed by atoms with Crippen molar-refractivity contribution in [2.45, 2.75) is 33.4 Å². The van der Waals surface area contributed by atoms with Crippen LogP contribution in [0.25, 0.3) is 0 Å². The molecule has 0 bridgehead atoms. The molecule has 0 aliphatic rings. The topological polar surface area (TPSA) is 59.8 Å². The third kappa shape index (κ3) is 2.96. The van der Waals surface area contributed by atoms with Gasteiger partial charge in [-0.05, 0) is 20.8 Å². The summed E-state index contributed by atoms with van der Waals surface area (Å²) in [5, 5.41) is 8.34. The molecule has 2 heterocycles. The number of thiazole rings is 1. The Bertz CT molecular complexity index is 637. The highest BCUT2D eigenvalue weighted by atomic mass is 35.5. The Hall–Kier alpha value is -1.40. The van der Waals surface area contributed by atoms with Crippen molar-refractivity contribution < 1.29 is 0 Å². The van der Waals surface area contributed by atoms with Gasteiger partial charge in [-0.1, -0.05) is 11.6 Å². The highest BCUT2D eigenvalue weighted by Gasteiger charge is 2.14. The summed E-state index contributed by atoms with van der Waals surface area (Å²) >= 11 is 7.67. The maximum absolute atomic E-state index is 11.9. The summed E-state index contributed by atoms with van der Waals surface area (Å²) in [5.74, 6) is 0. The van der Waals surface area contributed by atoms with E-state index < -0.39 is 0 Å². The van der Waals surface area contributed by atoms with E-state index in [9.17, 15) is 4.79 Å². The molecule has 1 unspecified atom stereocenters. The quantitative estimate of drug-likeness (QED) is 0.943. The predicted octanol–water partition coefficient (Wildman–Crippen LogP) is 2.85. The van der Waals surface area contributed by atoms with Crippen LogP contribution >= 0.6 is 22.9 Å². The van der Waals surface area contributed by atoms with Crippen LogP contribution < -0.4 is 10.9 Å². The number of anilines is 1. The number of rotatable bonds is 4. The second-order valence-electron chi connectivity index (χ2n) is 4.17. The van der Waals surface area contributed by atoms with Gasteiger partial charge in [0.05, 0.1) is 17.9 Å². The third-order valence-electron chi connectivity index (χ3n) is 2.67.